The number of carbonyl (C=O) groups is 1. The SMILES string of the molecule is COc1ccc(CNC(=O)[C@H](C)Sc2nnc(NCc3ccccc3)s2)cc1. The number of carbonyl (C=O) groups excluding carboxylic acids is 1. The third-order valence-electron chi connectivity index (χ3n) is 3.97. The molecule has 0 saturated heterocycles. The highest BCUT2D eigenvalue weighted by molar-refractivity contribution is 8.02. The summed E-state index contributed by atoms with van der Waals surface area (Å²) < 4.78 is 5.90. The van der Waals surface area contributed by atoms with Crippen LogP contribution in [0.25, 0.3) is 0 Å². The number of nitrogens with zero attached hydrogens (tertiary/aromatic N) is 2. The van der Waals surface area contributed by atoms with E-state index in [4.69, 9.17) is 4.74 Å². The largest absolute Gasteiger partial charge is 0.497 e. The second kappa shape index (κ2) is 10.1. The zero-order valence-corrected chi connectivity index (χ0v) is 17.3. The van der Waals surface area contributed by atoms with Crippen LogP contribution in [0.15, 0.2) is 58.9 Å². The monoisotopic (exact) mass is 414 g/mol. The topological polar surface area (TPSA) is 76.1 Å². The molecule has 1 heterocycles. The maximum absolute atomic E-state index is 12.3. The lowest BCUT2D eigenvalue weighted by Gasteiger charge is -2.10. The molecule has 0 aliphatic rings. The summed E-state index contributed by atoms with van der Waals surface area (Å²) in [4.78, 5) is 12.3. The average Bonchev–Trinajstić information content (AvgIpc) is 3.19. The van der Waals surface area contributed by atoms with Crippen LogP contribution in [0.1, 0.15) is 18.1 Å². The molecule has 3 aromatic rings. The molecule has 8 heteroatoms. The molecule has 2 N–H and O–H groups in total. The van der Waals surface area contributed by atoms with Gasteiger partial charge in [0.2, 0.25) is 11.0 Å². The third-order valence-corrected chi connectivity index (χ3v) is 6.03. The van der Waals surface area contributed by atoms with Gasteiger partial charge in [0, 0.05) is 13.1 Å². The normalized spacial score (nSPS) is 11.6. The summed E-state index contributed by atoms with van der Waals surface area (Å²) in [5.74, 6) is 0.766. The Labute approximate surface area is 172 Å². The van der Waals surface area contributed by atoms with Crippen molar-refractivity contribution in [1.82, 2.24) is 15.5 Å². The van der Waals surface area contributed by atoms with Crippen LogP contribution >= 0.6 is 23.1 Å². The Bertz CT molecular complexity index is 885. The molecule has 0 radical (unpaired) electrons. The molecule has 2 aromatic carbocycles. The molecule has 0 fully saturated rings. The summed E-state index contributed by atoms with van der Waals surface area (Å²) in [7, 11) is 1.63. The van der Waals surface area contributed by atoms with Crippen molar-refractivity contribution in [2.24, 2.45) is 0 Å². The van der Waals surface area contributed by atoms with Crippen LogP contribution in [0, 0.1) is 0 Å². The minimum Gasteiger partial charge on any atom is -0.497 e. The Morgan fingerprint density at radius 1 is 1.07 bits per heavy atom. The number of nitrogens with one attached hydrogen (secondary N) is 2. The van der Waals surface area contributed by atoms with E-state index in [9.17, 15) is 4.79 Å². The van der Waals surface area contributed by atoms with E-state index in [2.05, 4.69) is 33.0 Å². The number of aromatic nitrogens is 2. The van der Waals surface area contributed by atoms with Crippen molar-refractivity contribution < 1.29 is 9.53 Å². The average molecular weight is 415 g/mol. The maximum Gasteiger partial charge on any atom is 0.233 e. The number of methoxy groups -OCH3 is 1. The zero-order chi connectivity index (χ0) is 19.8. The van der Waals surface area contributed by atoms with Crippen LogP contribution in [-0.4, -0.2) is 28.5 Å². The number of hydrogen-bond donors (Lipinski definition) is 2. The third kappa shape index (κ3) is 5.97. The standard InChI is InChI=1S/C20H22N4O2S2/c1-14(18(25)21-12-16-8-10-17(26-2)11-9-16)27-20-24-23-19(28-20)22-13-15-6-4-3-5-7-15/h3-11,14H,12-13H2,1-2H3,(H,21,25)(H,22,23)/t14-/m0/s1. The second-order valence-electron chi connectivity index (χ2n) is 6.04. The van der Waals surface area contributed by atoms with Gasteiger partial charge in [0.15, 0.2) is 4.34 Å². The van der Waals surface area contributed by atoms with Crippen LogP contribution in [0.5, 0.6) is 5.75 Å². The minimum absolute atomic E-state index is 0.0326. The number of benzene rings is 2. The number of thioether (sulfide) groups is 1. The first-order chi connectivity index (χ1) is 13.6. The lowest BCUT2D eigenvalue weighted by molar-refractivity contribution is -0.120. The smallest absolute Gasteiger partial charge is 0.233 e. The van der Waals surface area contributed by atoms with Gasteiger partial charge in [-0.1, -0.05) is 65.6 Å². The molecule has 0 bridgehead atoms. The van der Waals surface area contributed by atoms with Gasteiger partial charge in [0.25, 0.3) is 0 Å². The molecular formula is C20H22N4O2S2. The number of hydrogen-bond acceptors (Lipinski definition) is 7. The zero-order valence-electron chi connectivity index (χ0n) is 15.7. The number of amides is 1. The molecule has 0 aliphatic heterocycles. The van der Waals surface area contributed by atoms with Crippen molar-refractivity contribution in [1.29, 1.82) is 0 Å². The first-order valence-electron chi connectivity index (χ1n) is 8.82. The molecule has 6 nitrogen and oxygen atoms in total. The van der Waals surface area contributed by atoms with Gasteiger partial charge < -0.3 is 15.4 Å². The van der Waals surface area contributed by atoms with E-state index in [1.807, 2.05) is 49.4 Å². The van der Waals surface area contributed by atoms with Crippen molar-refractivity contribution in [2.75, 3.05) is 12.4 Å². The van der Waals surface area contributed by atoms with Crippen LogP contribution in [0.3, 0.4) is 0 Å². The van der Waals surface area contributed by atoms with Crippen LogP contribution in [-0.2, 0) is 17.9 Å². The lowest BCUT2D eigenvalue weighted by Crippen LogP contribution is -2.30. The molecule has 0 spiro atoms. The van der Waals surface area contributed by atoms with E-state index in [-0.39, 0.29) is 11.2 Å². The number of anilines is 1. The Kier molecular flexibility index (Phi) is 7.27. The van der Waals surface area contributed by atoms with Gasteiger partial charge in [-0.05, 0) is 30.2 Å². The Morgan fingerprint density at radius 3 is 2.50 bits per heavy atom. The van der Waals surface area contributed by atoms with E-state index in [1.165, 1.54) is 28.7 Å². The van der Waals surface area contributed by atoms with Gasteiger partial charge in [-0.2, -0.15) is 0 Å². The van der Waals surface area contributed by atoms with Crippen LogP contribution in [0.4, 0.5) is 5.13 Å². The van der Waals surface area contributed by atoms with Crippen molar-refractivity contribution in [3.63, 3.8) is 0 Å². The van der Waals surface area contributed by atoms with E-state index in [0.717, 1.165) is 20.8 Å². The predicted molar refractivity (Wildman–Crippen MR) is 114 cm³/mol. The second-order valence-corrected chi connectivity index (χ2v) is 8.60. The number of rotatable bonds is 9. The molecule has 146 valence electrons. The van der Waals surface area contributed by atoms with Crippen molar-refractivity contribution in [3.8, 4) is 5.75 Å². The van der Waals surface area contributed by atoms with Gasteiger partial charge in [-0.25, -0.2) is 0 Å². The quantitative estimate of drug-likeness (QED) is 0.516. The van der Waals surface area contributed by atoms with E-state index < -0.39 is 0 Å². The summed E-state index contributed by atoms with van der Waals surface area (Å²) >= 11 is 2.86. The minimum atomic E-state index is -0.256. The van der Waals surface area contributed by atoms with E-state index in [0.29, 0.717) is 13.1 Å². The maximum atomic E-state index is 12.3. The lowest BCUT2D eigenvalue weighted by atomic mass is 10.2. The molecule has 3 rings (SSSR count). The molecule has 28 heavy (non-hydrogen) atoms. The Balaban J connectivity index is 1.45. The molecule has 1 aromatic heterocycles. The van der Waals surface area contributed by atoms with Crippen molar-refractivity contribution in [2.45, 2.75) is 29.6 Å². The first kappa shape index (κ1) is 20.2. The highest BCUT2D eigenvalue weighted by atomic mass is 32.2. The predicted octanol–water partition coefficient (Wildman–Crippen LogP) is 3.96. The molecule has 1 amide bonds. The first-order valence-corrected chi connectivity index (χ1v) is 10.5. The van der Waals surface area contributed by atoms with E-state index >= 15 is 0 Å². The Hall–Kier alpha value is -2.58. The molecule has 0 aliphatic carbocycles. The summed E-state index contributed by atoms with van der Waals surface area (Å²) in [6.45, 7) is 3.04. The van der Waals surface area contributed by atoms with Gasteiger partial charge in [0.05, 0.1) is 12.4 Å². The van der Waals surface area contributed by atoms with E-state index in [1.54, 1.807) is 7.11 Å². The molecular weight excluding hydrogens is 392 g/mol. The molecule has 1 atom stereocenters. The molecule has 0 unspecified atom stereocenters. The van der Waals surface area contributed by atoms with Gasteiger partial charge in [-0.3, -0.25) is 4.79 Å². The summed E-state index contributed by atoms with van der Waals surface area (Å²) in [6.07, 6.45) is 0. The highest BCUT2D eigenvalue weighted by Gasteiger charge is 2.17. The Morgan fingerprint density at radius 2 is 1.79 bits per heavy atom. The summed E-state index contributed by atoms with van der Waals surface area (Å²) in [5, 5.41) is 15.0. The van der Waals surface area contributed by atoms with Gasteiger partial charge in [-0.15, -0.1) is 10.2 Å². The number of ether oxygens (including phenoxy) is 1. The van der Waals surface area contributed by atoms with Crippen molar-refractivity contribution >= 4 is 34.1 Å². The van der Waals surface area contributed by atoms with Crippen LogP contribution < -0.4 is 15.4 Å². The fourth-order valence-corrected chi connectivity index (χ4v) is 4.30. The summed E-state index contributed by atoms with van der Waals surface area (Å²) in [5.41, 5.74) is 2.20. The fourth-order valence-electron chi connectivity index (χ4n) is 2.38. The van der Waals surface area contributed by atoms with Gasteiger partial charge >= 0.3 is 0 Å². The van der Waals surface area contributed by atoms with Crippen molar-refractivity contribution in [3.05, 3.63) is 65.7 Å². The van der Waals surface area contributed by atoms with Gasteiger partial charge in [0.1, 0.15) is 5.75 Å². The fraction of sp³-hybridized carbons (Fsp3) is 0.250. The summed E-state index contributed by atoms with van der Waals surface area (Å²) in [6, 6.07) is 17.7. The highest BCUT2D eigenvalue weighted by Crippen LogP contribution is 2.29. The molecule has 0 saturated carbocycles. The van der Waals surface area contributed by atoms with Crippen LogP contribution in [0.2, 0.25) is 0 Å².